The number of nitrogens with zero attached hydrogens (tertiary/aromatic N) is 2. The van der Waals surface area contributed by atoms with Crippen LogP contribution in [0, 0.1) is 12.7 Å². The average molecular weight is 234 g/mol. The first-order valence-electron chi connectivity index (χ1n) is 5.34. The van der Waals surface area contributed by atoms with Gasteiger partial charge in [-0.3, -0.25) is 10.5 Å². The van der Waals surface area contributed by atoms with Gasteiger partial charge in [0.25, 0.3) is 0 Å². The molecule has 0 saturated carbocycles. The summed E-state index contributed by atoms with van der Waals surface area (Å²) < 4.78 is 15.4. The molecule has 5 heteroatoms. The van der Waals surface area contributed by atoms with Crippen LogP contribution < -0.4 is 11.3 Å². The van der Waals surface area contributed by atoms with E-state index in [4.69, 9.17) is 5.84 Å². The molecule has 1 aromatic heterocycles. The van der Waals surface area contributed by atoms with Crippen LogP contribution in [0.25, 0.3) is 0 Å². The number of halogens is 1. The summed E-state index contributed by atoms with van der Waals surface area (Å²) in [7, 11) is 1.82. The Labute approximate surface area is 99.2 Å². The fraction of sp³-hybridized carbons (Fsp3) is 0.250. The molecule has 0 aliphatic heterocycles. The average Bonchev–Trinajstić information content (AvgIpc) is 2.62. The highest BCUT2D eigenvalue weighted by Gasteiger charge is 2.19. The second kappa shape index (κ2) is 4.65. The Morgan fingerprint density at radius 3 is 2.59 bits per heavy atom. The van der Waals surface area contributed by atoms with Gasteiger partial charge in [-0.25, -0.2) is 9.82 Å². The molecular formula is C12H15FN4. The highest BCUT2D eigenvalue weighted by atomic mass is 19.1. The van der Waals surface area contributed by atoms with Gasteiger partial charge in [-0.1, -0.05) is 18.2 Å². The monoisotopic (exact) mass is 234 g/mol. The Bertz CT molecular complexity index is 521. The normalized spacial score (nSPS) is 12.7. The molecule has 0 amide bonds. The minimum atomic E-state index is -0.384. The number of rotatable bonds is 3. The highest BCUT2D eigenvalue weighted by molar-refractivity contribution is 5.33. The molecule has 1 aromatic carbocycles. The number of hydrogen-bond donors (Lipinski definition) is 2. The lowest BCUT2D eigenvalue weighted by Crippen LogP contribution is -2.29. The van der Waals surface area contributed by atoms with Crippen LogP contribution in [0.15, 0.2) is 30.5 Å². The van der Waals surface area contributed by atoms with Crippen LogP contribution >= 0.6 is 0 Å². The molecule has 1 unspecified atom stereocenters. The molecule has 0 aliphatic rings. The van der Waals surface area contributed by atoms with E-state index in [9.17, 15) is 4.39 Å². The fourth-order valence-corrected chi connectivity index (χ4v) is 1.96. The topological polar surface area (TPSA) is 55.9 Å². The molecule has 0 fully saturated rings. The molecule has 0 spiro atoms. The van der Waals surface area contributed by atoms with Crippen molar-refractivity contribution in [2.24, 2.45) is 12.9 Å². The number of aromatic nitrogens is 2. The third-order valence-corrected chi connectivity index (χ3v) is 2.75. The van der Waals surface area contributed by atoms with E-state index in [1.165, 1.54) is 6.07 Å². The summed E-state index contributed by atoms with van der Waals surface area (Å²) in [5.74, 6) is 5.25. The summed E-state index contributed by atoms with van der Waals surface area (Å²) in [4.78, 5) is 0. The predicted octanol–water partition coefficient (Wildman–Crippen LogP) is 1.42. The van der Waals surface area contributed by atoms with Crippen molar-refractivity contribution in [1.82, 2.24) is 15.2 Å². The number of nitrogens with two attached hydrogens (primary N) is 1. The molecule has 2 rings (SSSR count). The number of aryl methyl sites for hydroxylation is 2. The zero-order valence-corrected chi connectivity index (χ0v) is 9.81. The quantitative estimate of drug-likeness (QED) is 0.624. The Kier molecular flexibility index (Phi) is 3.21. The summed E-state index contributed by atoms with van der Waals surface area (Å²) in [6, 6.07) is 6.19. The number of benzene rings is 1. The summed E-state index contributed by atoms with van der Waals surface area (Å²) in [6.45, 7) is 1.88. The van der Waals surface area contributed by atoms with Crippen LogP contribution in [-0.4, -0.2) is 9.78 Å². The minimum absolute atomic E-state index is 0.279. The SMILES string of the molecule is Cc1nn(C)cc1C(NN)c1ccccc1F. The van der Waals surface area contributed by atoms with Crippen LogP contribution in [0.5, 0.6) is 0 Å². The van der Waals surface area contributed by atoms with Crippen molar-refractivity contribution in [1.29, 1.82) is 0 Å². The Hall–Kier alpha value is -1.72. The molecule has 4 nitrogen and oxygen atoms in total. The van der Waals surface area contributed by atoms with Crippen molar-refractivity contribution < 1.29 is 4.39 Å². The van der Waals surface area contributed by atoms with Crippen LogP contribution in [0.3, 0.4) is 0 Å². The van der Waals surface area contributed by atoms with Gasteiger partial charge in [-0.2, -0.15) is 5.10 Å². The third-order valence-electron chi connectivity index (χ3n) is 2.75. The molecule has 0 aliphatic carbocycles. The Balaban J connectivity index is 2.47. The van der Waals surface area contributed by atoms with Gasteiger partial charge in [0, 0.05) is 24.4 Å². The van der Waals surface area contributed by atoms with E-state index in [1.54, 1.807) is 22.9 Å². The molecule has 17 heavy (non-hydrogen) atoms. The van der Waals surface area contributed by atoms with Gasteiger partial charge in [-0.15, -0.1) is 0 Å². The molecule has 0 saturated heterocycles. The maximum Gasteiger partial charge on any atom is 0.128 e. The molecule has 2 aromatic rings. The highest BCUT2D eigenvalue weighted by Crippen LogP contribution is 2.25. The third kappa shape index (κ3) is 2.20. The maximum absolute atomic E-state index is 13.7. The van der Waals surface area contributed by atoms with Gasteiger partial charge in [0.2, 0.25) is 0 Å². The Morgan fingerprint density at radius 1 is 1.35 bits per heavy atom. The van der Waals surface area contributed by atoms with Gasteiger partial charge in [0.05, 0.1) is 11.7 Å². The van der Waals surface area contributed by atoms with Crippen molar-refractivity contribution in [2.45, 2.75) is 13.0 Å². The first-order chi connectivity index (χ1) is 8.13. The molecule has 90 valence electrons. The van der Waals surface area contributed by atoms with Crippen LogP contribution in [-0.2, 0) is 7.05 Å². The zero-order valence-electron chi connectivity index (χ0n) is 9.81. The van der Waals surface area contributed by atoms with E-state index in [2.05, 4.69) is 10.5 Å². The Morgan fingerprint density at radius 2 is 2.06 bits per heavy atom. The second-order valence-corrected chi connectivity index (χ2v) is 3.96. The summed E-state index contributed by atoms with van der Waals surface area (Å²) in [5, 5.41) is 4.23. The largest absolute Gasteiger partial charge is 0.275 e. The van der Waals surface area contributed by atoms with Crippen molar-refractivity contribution in [3.63, 3.8) is 0 Å². The van der Waals surface area contributed by atoms with Crippen molar-refractivity contribution in [3.05, 3.63) is 53.1 Å². The van der Waals surface area contributed by atoms with Gasteiger partial charge in [0.15, 0.2) is 0 Å². The van der Waals surface area contributed by atoms with Gasteiger partial charge < -0.3 is 0 Å². The molecular weight excluding hydrogens is 219 g/mol. The lowest BCUT2D eigenvalue weighted by atomic mass is 10.00. The maximum atomic E-state index is 13.7. The fourth-order valence-electron chi connectivity index (χ4n) is 1.96. The number of hydrazine groups is 1. The van der Waals surface area contributed by atoms with Gasteiger partial charge >= 0.3 is 0 Å². The van der Waals surface area contributed by atoms with E-state index in [0.717, 1.165) is 11.3 Å². The summed E-state index contributed by atoms with van der Waals surface area (Å²) in [6.07, 6.45) is 1.84. The van der Waals surface area contributed by atoms with Crippen molar-refractivity contribution in [2.75, 3.05) is 0 Å². The molecule has 1 atom stereocenters. The van der Waals surface area contributed by atoms with E-state index >= 15 is 0 Å². The van der Waals surface area contributed by atoms with Crippen LogP contribution in [0.4, 0.5) is 4.39 Å². The van der Waals surface area contributed by atoms with E-state index in [-0.39, 0.29) is 11.9 Å². The number of nitrogens with one attached hydrogen (secondary N) is 1. The van der Waals surface area contributed by atoms with E-state index in [1.807, 2.05) is 20.2 Å². The second-order valence-electron chi connectivity index (χ2n) is 3.96. The van der Waals surface area contributed by atoms with E-state index < -0.39 is 0 Å². The zero-order chi connectivity index (χ0) is 12.4. The van der Waals surface area contributed by atoms with Crippen LogP contribution in [0.1, 0.15) is 22.9 Å². The van der Waals surface area contributed by atoms with Gasteiger partial charge in [0.1, 0.15) is 5.82 Å². The summed E-state index contributed by atoms with van der Waals surface area (Å²) in [5.41, 5.74) is 4.86. The first-order valence-corrected chi connectivity index (χ1v) is 5.34. The standard InChI is InChI=1S/C12H15FN4/c1-8-10(7-17(2)16-8)12(15-14)9-5-3-4-6-11(9)13/h3-7,12,15H,14H2,1-2H3. The number of hydrogen-bond acceptors (Lipinski definition) is 3. The molecule has 0 radical (unpaired) electrons. The summed E-state index contributed by atoms with van der Waals surface area (Å²) >= 11 is 0. The molecule has 1 heterocycles. The van der Waals surface area contributed by atoms with E-state index in [0.29, 0.717) is 5.56 Å². The molecule has 3 N–H and O–H groups in total. The lowest BCUT2D eigenvalue weighted by Gasteiger charge is -2.16. The van der Waals surface area contributed by atoms with Crippen molar-refractivity contribution >= 4 is 0 Å². The lowest BCUT2D eigenvalue weighted by molar-refractivity contribution is 0.559. The molecule has 0 bridgehead atoms. The predicted molar refractivity (Wildman–Crippen MR) is 63.5 cm³/mol. The first kappa shape index (κ1) is 11.8. The smallest absolute Gasteiger partial charge is 0.128 e. The van der Waals surface area contributed by atoms with Crippen LogP contribution in [0.2, 0.25) is 0 Å². The van der Waals surface area contributed by atoms with Gasteiger partial charge in [-0.05, 0) is 13.0 Å². The minimum Gasteiger partial charge on any atom is -0.275 e. The van der Waals surface area contributed by atoms with Crippen molar-refractivity contribution in [3.8, 4) is 0 Å².